The van der Waals surface area contributed by atoms with Gasteiger partial charge in [0.05, 0.1) is 22.1 Å². The minimum absolute atomic E-state index is 0.569. The Morgan fingerprint density at radius 2 is 0.732 bits per heavy atom. The molecule has 0 saturated carbocycles. The van der Waals surface area contributed by atoms with Gasteiger partial charge in [-0.1, -0.05) is 158 Å². The van der Waals surface area contributed by atoms with Gasteiger partial charge in [0, 0.05) is 38.4 Å². The van der Waals surface area contributed by atoms with E-state index in [1.165, 1.54) is 27.5 Å². The highest BCUT2D eigenvalue weighted by atomic mass is 15.2. The van der Waals surface area contributed by atoms with Gasteiger partial charge in [0.2, 0.25) is 5.95 Å². The molecule has 0 fully saturated rings. The lowest BCUT2D eigenvalue weighted by Crippen LogP contribution is -2.06. The smallest absolute Gasteiger partial charge is 0.238 e. The van der Waals surface area contributed by atoms with Gasteiger partial charge in [0.15, 0.2) is 11.6 Å². The molecule has 0 unspecified atom stereocenters. The first-order valence-electron chi connectivity index (χ1n) is 18.9. The van der Waals surface area contributed by atoms with E-state index in [0.717, 1.165) is 55.2 Å². The van der Waals surface area contributed by atoms with Gasteiger partial charge >= 0.3 is 0 Å². The van der Waals surface area contributed by atoms with Crippen molar-refractivity contribution in [3.63, 3.8) is 0 Å². The van der Waals surface area contributed by atoms with Crippen LogP contribution in [0.25, 0.3) is 100 Å². The van der Waals surface area contributed by atoms with E-state index in [-0.39, 0.29) is 0 Å². The second-order valence-electron chi connectivity index (χ2n) is 14.1. The Balaban J connectivity index is 1.15. The van der Waals surface area contributed by atoms with E-state index in [2.05, 4.69) is 203 Å². The molecule has 56 heavy (non-hydrogen) atoms. The van der Waals surface area contributed by atoms with Crippen molar-refractivity contribution >= 4 is 43.6 Å². The molecule has 0 spiro atoms. The average Bonchev–Trinajstić information content (AvgIpc) is 3.79. The molecule has 0 aliphatic heterocycles. The zero-order chi connectivity index (χ0) is 37.0. The van der Waals surface area contributed by atoms with Gasteiger partial charge in [0.25, 0.3) is 0 Å². The third kappa shape index (κ3) is 5.29. The number of nitrogens with zero attached hydrogens (tertiary/aromatic N) is 5. The summed E-state index contributed by atoms with van der Waals surface area (Å²) in [6.07, 6.45) is 0. The maximum Gasteiger partial charge on any atom is 0.238 e. The van der Waals surface area contributed by atoms with Crippen LogP contribution in [0.15, 0.2) is 200 Å². The lowest BCUT2D eigenvalue weighted by molar-refractivity contribution is 0.953. The quantitative estimate of drug-likeness (QED) is 0.172. The molecule has 3 aromatic heterocycles. The molecule has 3 heterocycles. The van der Waals surface area contributed by atoms with Crippen LogP contribution in [0.2, 0.25) is 0 Å². The van der Waals surface area contributed by atoms with Crippen molar-refractivity contribution in [2.45, 2.75) is 0 Å². The van der Waals surface area contributed by atoms with Crippen LogP contribution in [0, 0.1) is 0 Å². The molecule has 0 amide bonds. The van der Waals surface area contributed by atoms with E-state index < -0.39 is 0 Å². The third-order valence-electron chi connectivity index (χ3n) is 10.8. The van der Waals surface area contributed by atoms with Gasteiger partial charge in [0.1, 0.15) is 0 Å². The first-order chi connectivity index (χ1) is 27.8. The summed E-state index contributed by atoms with van der Waals surface area (Å²) in [4.78, 5) is 15.8. The molecule has 5 heteroatoms. The van der Waals surface area contributed by atoms with Crippen LogP contribution >= 0.6 is 0 Å². The molecule has 0 aliphatic rings. The van der Waals surface area contributed by atoms with E-state index in [9.17, 15) is 0 Å². The average molecular weight is 716 g/mol. The largest absolute Gasteiger partial charge is 0.309 e. The maximum atomic E-state index is 5.31. The first kappa shape index (κ1) is 31.9. The fourth-order valence-electron chi connectivity index (χ4n) is 8.13. The number of hydrogen-bond donors (Lipinski definition) is 0. The zero-order valence-corrected chi connectivity index (χ0v) is 30.3. The minimum Gasteiger partial charge on any atom is -0.309 e. The molecule has 5 nitrogen and oxygen atoms in total. The molecule has 0 saturated heterocycles. The summed E-state index contributed by atoms with van der Waals surface area (Å²) >= 11 is 0. The monoisotopic (exact) mass is 715 g/mol. The summed E-state index contributed by atoms with van der Waals surface area (Å²) in [5.41, 5.74) is 11.9. The maximum absolute atomic E-state index is 5.31. The molecular weight excluding hydrogens is 683 g/mol. The van der Waals surface area contributed by atoms with E-state index in [0.29, 0.717) is 17.6 Å². The highest BCUT2D eigenvalue weighted by molar-refractivity contribution is 6.11. The van der Waals surface area contributed by atoms with Gasteiger partial charge in [-0.05, 0) is 64.7 Å². The molecular formula is C51H33N5. The molecule has 0 N–H and O–H groups in total. The standard InChI is InChI=1S/C51H33N5/c1-4-14-34(15-5-1)36-24-26-37(27-25-36)49-52-50(39-28-30-43-41-20-10-12-22-45(41)55(48(43)33-39)40-18-8-3-9-19-40)54-51(53-49)56-46-23-13-11-21-42(46)44-32-38(29-31-47(44)56)35-16-6-2-7-17-35/h1-33H. The van der Waals surface area contributed by atoms with Gasteiger partial charge in [-0.3, -0.25) is 4.57 Å². The van der Waals surface area contributed by atoms with Crippen molar-refractivity contribution in [2.24, 2.45) is 0 Å². The van der Waals surface area contributed by atoms with Gasteiger partial charge < -0.3 is 4.57 Å². The second kappa shape index (κ2) is 13.0. The van der Waals surface area contributed by atoms with Crippen molar-refractivity contribution in [1.82, 2.24) is 24.1 Å². The van der Waals surface area contributed by atoms with Crippen molar-refractivity contribution < 1.29 is 0 Å². The first-order valence-corrected chi connectivity index (χ1v) is 18.9. The summed E-state index contributed by atoms with van der Waals surface area (Å²) in [7, 11) is 0. The molecule has 0 aliphatic carbocycles. The van der Waals surface area contributed by atoms with Gasteiger partial charge in [-0.15, -0.1) is 0 Å². The van der Waals surface area contributed by atoms with Crippen molar-refractivity contribution in [1.29, 1.82) is 0 Å². The Hall–Kier alpha value is -7.63. The summed E-state index contributed by atoms with van der Waals surface area (Å²) in [5, 5.41) is 4.67. The Kier molecular flexibility index (Phi) is 7.42. The Morgan fingerprint density at radius 3 is 1.43 bits per heavy atom. The van der Waals surface area contributed by atoms with Crippen LogP contribution in [0.3, 0.4) is 0 Å². The van der Waals surface area contributed by atoms with Crippen LogP contribution in [0.1, 0.15) is 0 Å². The fraction of sp³-hybridized carbons (Fsp3) is 0. The van der Waals surface area contributed by atoms with Crippen LogP contribution < -0.4 is 0 Å². The van der Waals surface area contributed by atoms with Gasteiger partial charge in [-0.25, -0.2) is 4.98 Å². The predicted octanol–water partition coefficient (Wildman–Crippen LogP) is 12.7. The Morgan fingerprint density at radius 1 is 0.268 bits per heavy atom. The highest BCUT2D eigenvalue weighted by Gasteiger charge is 2.20. The van der Waals surface area contributed by atoms with Crippen molar-refractivity contribution in [2.75, 3.05) is 0 Å². The molecule has 0 atom stereocenters. The number of hydrogen-bond acceptors (Lipinski definition) is 3. The lowest BCUT2D eigenvalue weighted by Gasteiger charge is -2.12. The van der Waals surface area contributed by atoms with Crippen LogP contribution in [-0.4, -0.2) is 24.1 Å². The second-order valence-corrected chi connectivity index (χ2v) is 14.1. The van der Waals surface area contributed by atoms with E-state index in [4.69, 9.17) is 15.0 Å². The topological polar surface area (TPSA) is 48.5 Å². The number of rotatable bonds is 6. The Labute approximate surface area is 323 Å². The molecule has 0 radical (unpaired) electrons. The van der Waals surface area contributed by atoms with E-state index in [1.807, 2.05) is 6.07 Å². The molecule has 11 aromatic rings. The fourth-order valence-corrected chi connectivity index (χ4v) is 8.13. The summed E-state index contributed by atoms with van der Waals surface area (Å²) in [6.45, 7) is 0. The Bertz CT molecular complexity index is 3220. The minimum atomic E-state index is 0.569. The van der Waals surface area contributed by atoms with Crippen LogP contribution in [0.5, 0.6) is 0 Å². The highest BCUT2D eigenvalue weighted by Crippen LogP contribution is 2.37. The normalized spacial score (nSPS) is 11.6. The SMILES string of the molecule is c1ccc(-c2ccc(-c3nc(-c4ccc5c6ccccc6n(-c6ccccc6)c5c4)nc(-n4c5ccccc5c5cc(-c6ccccc6)ccc54)n3)cc2)cc1. The number of para-hydroxylation sites is 3. The molecule has 0 bridgehead atoms. The summed E-state index contributed by atoms with van der Waals surface area (Å²) < 4.78 is 4.52. The number of fused-ring (bicyclic) bond motifs is 6. The van der Waals surface area contributed by atoms with Crippen molar-refractivity contribution in [3.05, 3.63) is 200 Å². The predicted molar refractivity (Wildman–Crippen MR) is 230 cm³/mol. The van der Waals surface area contributed by atoms with E-state index in [1.54, 1.807) is 0 Å². The zero-order valence-electron chi connectivity index (χ0n) is 30.3. The summed E-state index contributed by atoms with van der Waals surface area (Å²) in [6, 6.07) is 70.3. The lowest BCUT2D eigenvalue weighted by atomic mass is 10.0. The van der Waals surface area contributed by atoms with Crippen LogP contribution in [0.4, 0.5) is 0 Å². The molecule has 262 valence electrons. The number of benzene rings is 8. The van der Waals surface area contributed by atoms with Gasteiger partial charge in [-0.2, -0.15) is 9.97 Å². The number of aromatic nitrogens is 5. The molecule has 11 rings (SSSR count). The summed E-state index contributed by atoms with van der Waals surface area (Å²) in [5.74, 6) is 1.79. The third-order valence-corrected chi connectivity index (χ3v) is 10.8. The van der Waals surface area contributed by atoms with Crippen molar-refractivity contribution in [3.8, 4) is 56.7 Å². The van der Waals surface area contributed by atoms with Crippen LogP contribution in [-0.2, 0) is 0 Å². The molecule has 8 aromatic carbocycles. The van der Waals surface area contributed by atoms with E-state index >= 15 is 0 Å².